The zero-order valence-corrected chi connectivity index (χ0v) is 13.0. The van der Waals surface area contributed by atoms with Crippen molar-refractivity contribution in [1.29, 1.82) is 0 Å². The first-order valence-electron chi connectivity index (χ1n) is 8.90. The first kappa shape index (κ1) is 14.0. The second kappa shape index (κ2) is 5.24. The Hall–Kier alpha value is -0.610. The van der Waals surface area contributed by atoms with Crippen LogP contribution in [0.3, 0.4) is 0 Å². The van der Waals surface area contributed by atoms with Crippen molar-refractivity contribution in [2.45, 2.75) is 63.0 Å². The lowest BCUT2D eigenvalue weighted by molar-refractivity contribution is -0.150. The second-order valence-electron chi connectivity index (χ2n) is 7.86. The monoisotopic (exact) mass is 292 g/mol. The Labute approximate surface area is 127 Å². The van der Waals surface area contributed by atoms with E-state index in [0.717, 1.165) is 12.5 Å². The molecule has 0 aromatic heterocycles. The summed E-state index contributed by atoms with van der Waals surface area (Å²) < 4.78 is 0. The van der Waals surface area contributed by atoms with Gasteiger partial charge in [-0.25, -0.2) is 0 Å². The largest absolute Gasteiger partial charge is 0.387 e. The average molecular weight is 292 g/mol. The molecule has 4 rings (SSSR count). The Balaban J connectivity index is 1.32. The summed E-state index contributed by atoms with van der Waals surface area (Å²) in [6.45, 7) is 2.91. The van der Waals surface area contributed by atoms with Crippen molar-refractivity contribution >= 4 is 5.91 Å². The molecule has 0 spiro atoms. The van der Waals surface area contributed by atoms with Crippen LogP contribution in [0.25, 0.3) is 0 Å². The molecular formula is C17H28N2O2. The van der Waals surface area contributed by atoms with Crippen LogP contribution < -0.4 is 0 Å². The van der Waals surface area contributed by atoms with Gasteiger partial charge in [0, 0.05) is 25.7 Å². The quantitative estimate of drug-likeness (QED) is 0.860. The zero-order valence-electron chi connectivity index (χ0n) is 13.0. The number of rotatable bonds is 3. The summed E-state index contributed by atoms with van der Waals surface area (Å²) in [5.41, 5.74) is -0.463. The van der Waals surface area contributed by atoms with Gasteiger partial charge in [-0.2, -0.15) is 0 Å². The standard InChI is InChI=1S/C17H28N2O2/c20-16(10-18-11-17(21,12-18)14-7-8-14)19-9-3-5-13-4-1-2-6-15(13)19/h13-15,21H,1-12H2. The van der Waals surface area contributed by atoms with E-state index in [9.17, 15) is 9.90 Å². The van der Waals surface area contributed by atoms with Crippen LogP contribution in [-0.4, -0.2) is 58.6 Å². The van der Waals surface area contributed by atoms with Crippen LogP contribution >= 0.6 is 0 Å². The number of carbonyl (C=O) groups is 1. The minimum absolute atomic E-state index is 0.310. The van der Waals surface area contributed by atoms with Crippen molar-refractivity contribution in [2.24, 2.45) is 11.8 Å². The molecule has 2 atom stereocenters. The number of likely N-dealkylation sites (tertiary alicyclic amines) is 2. The van der Waals surface area contributed by atoms with Gasteiger partial charge in [-0.15, -0.1) is 0 Å². The van der Waals surface area contributed by atoms with Crippen LogP contribution in [0.15, 0.2) is 0 Å². The average Bonchev–Trinajstić information content (AvgIpc) is 3.29. The van der Waals surface area contributed by atoms with Crippen molar-refractivity contribution in [3.05, 3.63) is 0 Å². The highest BCUT2D eigenvalue weighted by Gasteiger charge is 2.52. The topological polar surface area (TPSA) is 43.8 Å². The molecule has 2 aliphatic heterocycles. The number of amides is 1. The van der Waals surface area contributed by atoms with Gasteiger partial charge in [0.25, 0.3) is 0 Å². The number of hydrogen-bond donors (Lipinski definition) is 1. The summed E-state index contributed by atoms with van der Waals surface area (Å²) in [4.78, 5) is 17.0. The molecule has 2 unspecified atom stereocenters. The minimum atomic E-state index is -0.463. The minimum Gasteiger partial charge on any atom is -0.387 e. The van der Waals surface area contributed by atoms with Gasteiger partial charge >= 0.3 is 0 Å². The molecular weight excluding hydrogens is 264 g/mol. The Morgan fingerprint density at radius 3 is 2.52 bits per heavy atom. The maximum atomic E-state index is 12.7. The summed E-state index contributed by atoms with van der Waals surface area (Å²) in [5.74, 6) is 1.59. The van der Waals surface area contributed by atoms with Gasteiger partial charge in [0.2, 0.25) is 5.91 Å². The summed E-state index contributed by atoms with van der Waals surface area (Å²) >= 11 is 0. The first-order chi connectivity index (χ1) is 10.2. The highest BCUT2D eigenvalue weighted by Crippen LogP contribution is 2.44. The Bertz CT molecular complexity index is 413. The number of piperidine rings is 1. The van der Waals surface area contributed by atoms with Gasteiger partial charge < -0.3 is 10.0 Å². The molecule has 2 saturated carbocycles. The van der Waals surface area contributed by atoms with E-state index < -0.39 is 5.60 Å². The van der Waals surface area contributed by atoms with E-state index in [1.807, 2.05) is 0 Å². The van der Waals surface area contributed by atoms with Gasteiger partial charge in [0.05, 0.1) is 12.1 Å². The summed E-state index contributed by atoms with van der Waals surface area (Å²) in [6, 6.07) is 0.517. The van der Waals surface area contributed by atoms with Gasteiger partial charge in [-0.05, 0) is 50.4 Å². The van der Waals surface area contributed by atoms with Crippen molar-refractivity contribution in [3.8, 4) is 0 Å². The van der Waals surface area contributed by atoms with E-state index in [1.54, 1.807) is 0 Å². The van der Waals surface area contributed by atoms with Gasteiger partial charge in [-0.1, -0.05) is 12.8 Å². The lowest BCUT2D eigenvalue weighted by Crippen LogP contribution is -2.65. The van der Waals surface area contributed by atoms with Gasteiger partial charge in [0.15, 0.2) is 0 Å². The number of aliphatic hydroxyl groups is 1. The number of nitrogens with zero attached hydrogens (tertiary/aromatic N) is 2. The van der Waals surface area contributed by atoms with Crippen molar-refractivity contribution < 1.29 is 9.90 Å². The highest BCUT2D eigenvalue weighted by atomic mass is 16.3. The molecule has 0 aromatic rings. The predicted octanol–water partition coefficient (Wildman–Crippen LogP) is 1.62. The van der Waals surface area contributed by atoms with Gasteiger partial charge in [-0.3, -0.25) is 9.69 Å². The van der Waals surface area contributed by atoms with Crippen LogP contribution in [0.1, 0.15) is 51.4 Å². The van der Waals surface area contributed by atoms with Crippen LogP contribution in [-0.2, 0) is 4.79 Å². The maximum absolute atomic E-state index is 12.7. The molecule has 2 aliphatic carbocycles. The third-order valence-electron chi connectivity index (χ3n) is 6.25. The Morgan fingerprint density at radius 2 is 1.76 bits per heavy atom. The molecule has 1 amide bonds. The molecule has 118 valence electrons. The highest BCUT2D eigenvalue weighted by molar-refractivity contribution is 5.79. The van der Waals surface area contributed by atoms with Crippen LogP contribution in [0, 0.1) is 11.8 Å². The fraction of sp³-hybridized carbons (Fsp3) is 0.941. The van der Waals surface area contributed by atoms with Crippen molar-refractivity contribution in [2.75, 3.05) is 26.2 Å². The third kappa shape index (κ3) is 2.61. The number of β-amino-alcohol motifs (C(OH)–C–C–N with tert-alkyl or cyclic N) is 1. The molecule has 4 heteroatoms. The van der Waals surface area contributed by atoms with E-state index in [2.05, 4.69) is 9.80 Å². The van der Waals surface area contributed by atoms with E-state index in [-0.39, 0.29) is 0 Å². The molecule has 0 bridgehead atoms. The van der Waals surface area contributed by atoms with E-state index in [4.69, 9.17) is 0 Å². The Kier molecular flexibility index (Phi) is 3.49. The lowest BCUT2D eigenvalue weighted by Gasteiger charge is -2.49. The van der Waals surface area contributed by atoms with Crippen molar-refractivity contribution in [1.82, 2.24) is 9.80 Å². The number of carbonyl (C=O) groups excluding carboxylic acids is 1. The molecule has 1 N–H and O–H groups in total. The second-order valence-corrected chi connectivity index (χ2v) is 7.86. The molecule has 2 saturated heterocycles. The summed E-state index contributed by atoms with van der Waals surface area (Å²) in [5, 5.41) is 10.4. The number of fused-ring (bicyclic) bond motifs is 1. The van der Waals surface area contributed by atoms with E-state index >= 15 is 0 Å². The molecule has 0 radical (unpaired) electrons. The molecule has 4 nitrogen and oxygen atoms in total. The molecule has 21 heavy (non-hydrogen) atoms. The third-order valence-corrected chi connectivity index (χ3v) is 6.25. The van der Waals surface area contributed by atoms with E-state index in [1.165, 1.54) is 51.4 Å². The van der Waals surface area contributed by atoms with Gasteiger partial charge in [0.1, 0.15) is 0 Å². The maximum Gasteiger partial charge on any atom is 0.237 e. The lowest BCUT2D eigenvalue weighted by atomic mass is 9.78. The normalized spacial score (nSPS) is 36.0. The smallest absolute Gasteiger partial charge is 0.237 e. The molecule has 0 aromatic carbocycles. The molecule has 4 fully saturated rings. The van der Waals surface area contributed by atoms with E-state index in [0.29, 0.717) is 37.5 Å². The van der Waals surface area contributed by atoms with Crippen LogP contribution in [0.5, 0.6) is 0 Å². The fourth-order valence-corrected chi connectivity index (χ4v) is 4.94. The summed E-state index contributed by atoms with van der Waals surface area (Å²) in [6.07, 6.45) is 10.0. The number of hydrogen-bond acceptors (Lipinski definition) is 3. The SMILES string of the molecule is O=C(CN1CC(O)(C2CC2)C1)N1CCCC2CCCCC21. The van der Waals surface area contributed by atoms with Crippen LogP contribution in [0.2, 0.25) is 0 Å². The summed E-state index contributed by atoms with van der Waals surface area (Å²) in [7, 11) is 0. The predicted molar refractivity (Wildman–Crippen MR) is 80.8 cm³/mol. The Morgan fingerprint density at radius 1 is 1.05 bits per heavy atom. The fourth-order valence-electron chi connectivity index (χ4n) is 4.94. The zero-order chi connectivity index (χ0) is 14.4. The van der Waals surface area contributed by atoms with Crippen molar-refractivity contribution in [3.63, 3.8) is 0 Å². The molecule has 2 heterocycles. The first-order valence-corrected chi connectivity index (χ1v) is 8.90. The van der Waals surface area contributed by atoms with Crippen LogP contribution in [0.4, 0.5) is 0 Å². The molecule has 4 aliphatic rings.